The van der Waals surface area contributed by atoms with Crippen LogP contribution in [-0.2, 0) is 12.8 Å². The Bertz CT molecular complexity index is 277. The summed E-state index contributed by atoms with van der Waals surface area (Å²) in [6.07, 6.45) is 2.20. The Hall–Kier alpha value is -0.380. The van der Waals surface area contributed by atoms with E-state index in [4.69, 9.17) is 11.5 Å². The average Bonchev–Trinajstić information content (AvgIpc) is 2.63. The van der Waals surface area contributed by atoms with Crippen molar-refractivity contribution < 1.29 is 0 Å². The number of nitrogens with two attached hydrogens (primary N) is 2. The molecular formula is C11H20N2S. The molecule has 1 aromatic rings. The number of hydrogen-bond acceptors (Lipinski definition) is 3. The van der Waals surface area contributed by atoms with Gasteiger partial charge in [0, 0.05) is 28.8 Å². The zero-order valence-corrected chi connectivity index (χ0v) is 9.86. The molecule has 0 aromatic carbocycles. The zero-order chi connectivity index (χ0) is 10.6. The topological polar surface area (TPSA) is 52.0 Å². The van der Waals surface area contributed by atoms with E-state index in [0.29, 0.717) is 19.0 Å². The summed E-state index contributed by atoms with van der Waals surface area (Å²) in [4.78, 5) is 2.86. The second-order valence-electron chi connectivity index (χ2n) is 3.48. The standard InChI is InChI=1S/C11H20N2S/c1-3-8-5-10(4-2)14-11(8)9(6-12)7-13/h5,9H,3-4,6-7,12-13H2,1-2H3. The highest BCUT2D eigenvalue weighted by molar-refractivity contribution is 7.12. The monoisotopic (exact) mass is 212 g/mol. The zero-order valence-electron chi connectivity index (χ0n) is 9.05. The minimum atomic E-state index is 0.357. The molecule has 3 heteroatoms. The van der Waals surface area contributed by atoms with Crippen LogP contribution in [0.4, 0.5) is 0 Å². The van der Waals surface area contributed by atoms with Gasteiger partial charge in [-0.15, -0.1) is 11.3 Å². The Labute approximate surface area is 90.3 Å². The molecule has 0 bridgehead atoms. The largest absolute Gasteiger partial charge is 0.330 e. The molecule has 0 atom stereocenters. The van der Waals surface area contributed by atoms with Crippen LogP contribution in [0, 0.1) is 0 Å². The Balaban J connectivity index is 2.98. The third-order valence-corrected chi connectivity index (χ3v) is 4.05. The normalized spacial score (nSPS) is 11.2. The third-order valence-electron chi connectivity index (χ3n) is 2.56. The summed E-state index contributed by atoms with van der Waals surface area (Å²) >= 11 is 1.88. The SMILES string of the molecule is CCc1cc(CC)c(C(CN)CN)s1. The van der Waals surface area contributed by atoms with Crippen molar-refractivity contribution in [3.05, 3.63) is 21.4 Å². The van der Waals surface area contributed by atoms with Crippen molar-refractivity contribution >= 4 is 11.3 Å². The van der Waals surface area contributed by atoms with Crippen molar-refractivity contribution in [1.29, 1.82) is 0 Å². The minimum Gasteiger partial charge on any atom is -0.330 e. The van der Waals surface area contributed by atoms with Crippen LogP contribution in [0.1, 0.15) is 35.1 Å². The molecule has 1 rings (SSSR count). The first-order valence-corrected chi connectivity index (χ1v) is 6.10. The lowest BCUT2D eigenvalue weighted by Crippen LogP contribution is -2.21. The molecule has 0 saturated heterocycles. The highest BCUT2D eigenvalue weighted by Crippen LogP contribution is 2.29. The van der Waals surface area contributed by atoms with Crippen LogP contribution in [0.2, 0.25) is 0 Å². The van der Waals surface area contributed by atoms with Crippen molar-refractivity contribution in [2.24, 2.45) is 11.5 Å². The first-order valence-electron chi connectivity index (χ1n) is 5.28. The van der Waals surface area contributed by atoms with Crippen LogP contribution in [0.15, 0.2) is 6.07 Å². The van der Waals surface area contributed by atoms with Gasteiger partial charge in [0.05, 0.1) is 0 Å². The maximum absolute atomic E-state index is 5.72. The molecule has 0 fully saturated rings. The fourth-order valence-electron chi connectivity index (χ4n) is 1.61. The summed E-state index contributed by atoms with van der Waals surface area (Å²) in [5.41, 5.74) is 12.9. The lowest BCUT2D eigenvalue weighted by molar-refractivity contribution is 0.714. The first-order chi connectivity index (χ1) is 6.76. The smallest absolute Gasteiger partial charge is 0.0181 e. The van der Waals surface area contributed by atoms with E-state index in [-0.39, 0.29) is 0 Å². The van der Waals surface area contributed by atoms with E-state index in [2.05, 4.69) is 19.9 Å². The van der Waals surface area contributed by atoms with Gasteiger partial charge in [0.15, 0.2) is 0 Å². The summed E-state index contributed by atoms with van der Waals surface area (Å²) in [6, 6.07) is 2.30. The molecule has 0 saturated carbocycles. The molecule has 14 heavy (non-hydrogen) atoms. The maximum atomic E-state index is 5.72. The minimum absolute atomic E-state index is 0.357. The molecule has 1 heterocycles. The van der Waals surface area contributed by atoms with Gasteiger partial charge in [-0.3, -0.25) is 0 Å². The quantitative estimate of drug-likeness (QED) is 0.783. The Kier molecular flexibility index (Phi) is 4.58. The van der Waals surface area contributed by atoms with E-state index in [9.17, 15) is 0 Å². The Morgan fingerprint density at radius 2 is 1.86 bits per heavy atom. The van der Waals surface area contributed by atoms with Crippen LogP contribution >= 0.6 is 11.3 Å². The highest BCUT2D eigenvalue weighted by atomic mass is 32.1. The van der Waals surface area contributed by atoms with Crippen molar-refractivity contribution in [2.75, 3.05) is 13.1 Å². The van der Waals surface area contributed by atoms with Crippen LogP contribution in [0.5, 0.6) is 0 Å². The summed E-state index contributed by atoms with van der Waals surface area (Å²) in [7, 11) is 0. The lowest BCUT2D eigenvalue weighted by atomic mass is 10.0. The Morgan fingerprint density at radius 1 is 1.21 bits per heavy atom. The summed E-state index contributed by atoms with van der Waals surface area (Å²) in [5, 5.41) is 0. The van der Waals surface area contributed by atoms with Crippen molar-refractivity contribution in [3.63, 3.8) is 0 Å². The molecule has 0 aliphatic carbocycles. The molecule has 0 radical (unpaired) electrons. The fraction of sp³-hybridized carbons (Fsp3) is 0.636. The van der Waals surface area contributed by atoms with Gasteiger partial charge in [0.1, 0.15) is 0 Å². The second kappa shape index (κ2) is 5.49. The van der Waals surface area contributed by atoms with Crippen molar-refractivity contribution in [1.82, 2.24) is 0 Å². The van der Waals surface area contributed by atoms with E-state index in [0.717, 1.165) is 12.8 Å². The van der Waals surface area contributed by atoms with Crippen molar-refractivity contribution in [2.45, 2.75) is 32.6 Å². The molecule has 0 aliphatic heterocycles. The predicted molar refractivity (Wildman–Crippen MR) is 63.9 cm³/mol. The average molecular weight is 212 g/mol. The number of thiophene rings is 1. The van der Waals surface area contributed by atoms with Crippen LogP contribution in [0.3, 0.4) is 0 Å². The molecular weight excluding hydrogens is 192 g/mol. The molecule has 1 aromatic heterocycles. The summed E-state index contributed by atoms with van der Waals surface area (Å²) in [5.74, 6) is 0.357. The van der Waals surface area contributed by atoms with Gasteiger partial charge in [-0.05, 0) is 24.5 Å². The molecule has 0 spiro atoms. The molecule has 0 unspecified atom stereocenters. The van der Waals surface area contributed by atoms with E-state index >= 15 is 0 Å². The van der Waals surface area contributed by atoms with Crippen molar-refractivity contribution in [3.8, 4) is 0 Å². The molecule has 0 amide bonds. The van der Waals surface area contributed by atoms with E-state index in [1.807, 2.05) is 11.3 Å². The second-order valence-corrected chi connectivity index (χ2v) is 4.65. The summed E-state index contributed by atoms with van der Waals surface area (Å²) < 4.78 is 0. The molecule has 80 valence electrons. The van der Waals surface area contributed by atoms with Gasteiger partial charge in [-0.1, -0.05) is 13.8 Å². The fourth-order valence-corrected chi connectivity index (χ4v) is 2.93. The summed E-state index contributed by atoms with van der Waals surface area (Å²) in [6.45, 7) is 5.70. The number of aryl methyl sites for hydroxylation is 2. The predicted octanol–water partition coefficient (Wildman–Crippen LogP) is 1.87. The van der Waals surface area contributed by atoms with Gasteiger partial charge < -0.3 is 11.5 Å². The molecule has 2 nitrogen and oxygen atoms in total. The van der Waals surface area contributed by atoms with Gasteiger partial charge in [0.2, 0.25) is 0 Å². The number of hydrogen-bond donors (Lipinski definition) is 2. The maximum Gasteiger partial charge on any atom is 0.0181 e. The molecule has 0 aliphatic rings. The first kappa shape index (κ1) is 11.7. The number of rotatable bonds is 5. The third kappa shape index (κ3) is 2.35. The van der Waals surface area contributed by atoms with E-state index < -0.39 is 0 Å². The van der Waals surface area contributed by atoms with Crippen LogP contribution in [0.25, 0.3) is 0 Å². The van der Waals surface area contributed by atoms with Crippen LogP contribution in [-0.4, -0.2) is 13.1 Å². The molecule has 4 N–H and O–H groups in total. The van der Waals surface area contributed by atoms with E-state index in [1.54, 1.807) is 0 Å². The van der Waals surface area contributed by atoms with Gasteiger partial charge in [-0.2, -0.15) is 0 Å². The van der Waals surface area contributed by atoms with Crippen LogP contribution < -0.4 is 11.5 Å². The van der Waals surface area contributed by atoms with Gasteiger partial charge in [-0.25, -0.2) is 0 Å². The lowest BCUT2D eigenvalue weighted by Gasteiger charge is -2.11. The highest BCUT2D eigenvalue weighted by Gasteiger charge is 2.14. The van der Waals surface area contributed by atoms with E-state index in [1.165, 1.54) is 15.3 Å². The van der Waals surface area contributed by atoms with Gasteiger partial charge in [0.25, 0.3) is 0 Å². The van der Waals surface area contributed by atoms with Gasteiger partial charge >= 0.3 is 0 Å². The Morgan fingerprint density at radius 3 is 2.29 bits per heavy atom.